The van der Waals surface area contributed by atoms with Gasteiger partial charge in [0, 0.05) is 13.1 Å². The second kappa shape index (κ2) is 4.89. The second-order valence-electron chi connectivity index (χ2n) is 3.37. The molecule has 0 aromatic heterocycles. The van der Waals surface area contributed by atoms with E-state index in [0.29, 0.717) is 19.4 Å². The van der Waals surface area contributed by atoms with E-state index in [1.165, 1.54) is 0 Å². The number of rotatable bonds is 3. The van der Waals surface area contributed by atoms with Gasteiger partial charge < -0.3 is 4.74 Å². The largest absolute Gasteiger partial charge is 0.466 e. The number of hydrogen-bond donors (Lipinski definition) is 0. The van der Waals surface area contributed by atoms with Gasteiger partial charge in [-0.2, -0.15) is 12.7 Å². The van der Waals surface area contributed by atoms with E-state index in [1.54, 1.807) is 6.92 Å². The van der Waals surface area contributed by atoms with Gasteiger partial charge in [0.1, 0.15) is 0 Å². The van der Waals surface area contributed by atoms with E-state index in [-0.39, 0.29) is 25.0 Å². The Hall–Kier alpha value is -0.690. The summed E-state index contributed by atoms with van der Waals surface area (Å²) in [5.41, 5.74) is 0. The molecule has 0 radical (unpaired) electrons. The van der Waals surface area contributed by atoms with Crippen molar-refractivity contribution in [3.05, 3.63) is 0 Å². The van der Waals surface area contributed by atoms with Crippen LogP contribution in [0.4, 0.5) is 3.89 Å². The monoisotopic (exact) mass is 239 g/mol. The van der Waals surface area contributed by atoms with Crippen LogP contribution < -0.4 is 0 Å². The molecule has 1 heterocycles. The van der Waals surface area contributed by atoms with Gasteiger partial charge in [-0.25, -0.2) is 0 Å². The maximum absolute atomic E-state index is 12.5. The lowest BCUT2D eigenvalue weighted by atomic mass is 9.98. The van der Waals surface area contributed by atoms with Crippen LogP contribution in [-0.4, -0.2) is 38.4 Å². The molecule has 15 heavy (non-hydrogen) atoms. The molecule has 0 atom stereocenters. The predicted octanol–water partition coefficient (Wildman–Crippen LogP) is 0.476. The van der Waals surface area contributed by atoms with Crippen molar-refractivity contribution in [2.24, 2.45) is 5.92 Å². The zero-order valence-electron chi connectivity index (χ0n) is 8.48. The van der Waals surface area contributed by atoms with Crippen molar-refractivity contribution >= 4 is 16.4 Å². The van der Waals surface area contributed by atoms with Crippen molar-refractivity contribution in [2.75, 3.05) is 19.7 Å². The highest BCUT2D eigenvalue weighted by Crippen LogP contribution is 2.21. The molecule has 5 nitrogen and oxygen atoms in total. The maximum Gasteiger partial charge on any atom is 0.374 e. The highest BCUT2D eigenvalue weighted by Gasteiger charge is 2.31. The molecule has 0 N–H and O–H groups in total. The van der Waals surface area contributed by atoms with Crippen molar-refractivity contribution in [3.8, 4) is 0 Å². The van der Waals surface area contributed by atoms with Crippen LogP contribution in [0.5, 0.6) is 0 Å². The van der Waals surface area contributed by atoms with Crippen LogP contribution in [-0.2, 0) is 19.9 Å². The lowest BCUT2D eigenvalue weighted by Crippen LogP contribution is -2.38. The van der Waals surface area contributed by atoms with Crippen molar-refractivity contribution < 1.29 is 21.8 Å². The predicted molar refractivity (Wildman–Crippen MR) is 51.0 cm³/mol. The van der Waals surface area contributed by atoms with E-state index in [9.17, 15) is 17.1 Å². The Labute approximate surface area is 88.5 Å². The summed E-state index contributed by atoms with van der Waals surface area (Å²) in [4.78, 5) is 11.3. The SMILES string of the molecule is CCOC(=O)C1CCN(S(=O)(=O)F)CC1. The third-order valence-electron chi connectivity index (χ3n) is 2.38. The van der Waals surface area contributed by atoms with E-state index in [1.807, 2.05) is 0 Å². The summed E-state index contributed by atoms with van der Waals surface area (Å²) < 4.78 is 39.1. The number of piperidine rings is 1. The molecule has 88 valence electrons. The average Bonchev–Trinajstić information content (AvgIpc) is 2.17. The summed E-state index contributed by atoms with van der Waals surface area (Å²) in [5.74, 6) is -0.628. The van der Waals surface area contributed by atoms with Gasteiger partial charge in [-0.05, 0) is 19.8 Å². The molecule has 0 unspecified atom stereocenters. The number of hydrogen-bond acceptors (Lipinski definition) is 4. The smallest absolute Gasteiger partial charge is 0.374 e. The van der Waals surface area contributed by atoms with Crippen molar-refractivity contribution in [3.63, 3.8) is 0 Å². The lowest BCUT2D eigenvalue weighted by molar-refractivity contribution is -0.149. The summed E-state index contributed by atoms with van der Waals surface area (Å²) >= 11 is 0. The Morgan fingerprint density at radius 1 is 1.47 bits per heavy atom. The first kappa shape index (κ1) is 12.4. The lowest BCUT2D eigenvalue weighted by Gasteiger charge is -2.27. The fourth-order valence-corrected chi connectivity index (χ4v) is 2.22. The van der Waals surface area contributed by atoms with Crippen LogP contribution in [0.1, 0.15) is 19.8 Å². The molecule has 0 aliphatic carbocycles. The number of carbonyl (C=O) groups is 1. The van der Waals surface area contributed by atoms with Crippen LogP contribution in [0.2, 0.25) is 0 Å². The van der Waals surface area contributed by atoms with Gasteiger partial charge >= 0.3 is 16.4 Å². The number of esters is 1. The molecule has 1 rings (SSSR count). The fourth-order valence-electron chi connectivity index (χ4n) is 1.57. The zero-order chi connectivity index (χ0) is 11.5. The first-order valence-corrected chi connectivity index (χ1v) is 6.15. The van der Waals surface area contributed by atoms with Crippen LogP contribution in [0.25, 0.3) is 0 Å². The van der Waals surface area contributed by atoms with Gasteiger partial charge in [0.2, 0.25) is 0 Å². The molecule has 1 saturated heterocycles. The molecule has 0 aromatic carbocycles. The molecule has 7 heteroatoms. The number of halogens is 1. The topological polar surface area (TPSA) is 63.7 Å². The van der Waals surface area contributed by atoms with Gasteiger partial charge in [0.05, 0.1) is 12.5 Å². The molecular formula is C8H14FNO4S. The van der Waals surface area contributed by atoms with Gasteiger partial charge in [-0.15, -0.1) is 0 Å². The average molecular weight is 239 g/mol. The first-order valence-electron chi connectivity index (χ1n) is 4.81. The number of nitrogens with zero attached hydrogens (tertiary/aromatic N) is 1. The highest BCUT2D eigenvalue weighted by atomic mass is 32.3. The van der Waals surface area contributed by atoms with E-state index >= 15 is 0 Å². The summed E-state index contributed by atoms with van der Waals surface area (Å²) in [7, 11) is -4.61. The minimum absolute atomic E-state index is 0.0440. The quantitative estimate of drug-likeness (QED) is 0.530. The number of carbonyl (C=O) groups excluding carboxylic acids is 1. The fraction of sp³-hybridized carbons (Fsp3) is 0.875. The minimum Gasteiger partial charge on any atom is -0.466 e. The van der Waals surface area contributed by atoms with Gasteiger partial charge in [0.15, 0.2) is 0 Å². The Morgan fingerprint density at radius 2 is 2.00 bits per heavy atom. The normalized spacial score (nSPS) is 20.1. The van der Waals surface area contributed by atoms with E-state index in [4.69, 9.17) is 4.74 Å². The van der Waals surface area contributed by atoms with E-state index in [2.05, 4.69) is 0 Å². The number of ether oxygens (including phenoxy) is 1. The van der Waals surface area contributed by atoms with Crippen LogP contribution in [0, 0.1) is 5.92 Å². The first-order chi connectivity index (χ1) is 6.95. The summed E-state index contributed by atoms with van der Waals surface area (Å²) in [6.07, 6.45) is 0.643. The van der Waals surface area contributed by atoms with Gasteiger partial charge in [0.25, 0.3) is 0 Å². The summed E-state index contributed by atoms with van der Waals surface area (Å²) in [6.45, 7) is 2.10. The zero-order valence-corrected chi connectivity index (χ0v) is 9.30. The Kier molecular flexibility index (Phi) is 4.04. The Balaban J connectivity index is 2.46. The molecular weight excluding hydrogens is 225 g/mol. The van der Waals surface area contributed by atoms with E-state index < -0.39 is 10.4 Å². The molecule has 0 saturated carbocycles. The Bertz CT molecular complexity index is 322. The van der Waals surface area contributed by atoms with Crippen molar-refractivity contribution in [1.82, 2.24) is 4.31 Å². The molecule has 1 aliphatic rings. The molecule has 1 aliphatic heterocycles. The molecule has 0 amide bonds. The molecule has 0 aromatic rings. The van der Waals surface area contributed by atoms with Gasteiger partial charge in [-0.1, -0.05) is 3.89 Å². The molecule has 1 fully saturated rings. The molecule has 0 bridgehead atoms. The third-order valence-corrected chi connectivity index (χ3v) is 3.36. The van der Waals surface area contributed by atoms with Crippen LogP contribution in [0.3, 0.4) is 0 Å². The van der Waals surface area contributed by atoms with Crippen LogP contribution in [0.15, 0.2) is 0 Å². The molecule has 0 spiro atoms. The summed E-state index contributed by atoms with van der Waals surface area (Å²) in [6, 6.07) is 0. The van der Waals surface area contributed by atoms with Gasteiger partial charge in [-0.3, -0.25) is 4.79 Å². The van der Waals surface area contributed by atoms with Crippen molar-refractivity contribution in [1.29, 1.82) is 0 Å². The maximum atomic E-state index is 12.5. The van der Waals surface area contributed by atoms with Crippen molar-refractivity contribution in [2.45, 2.75) is 19.8 Å². The third kappa shape index (κ3) is 3.42. The van der Waals surface area contributed by atoms with Crippen LogP contribution >= 0.6 is 0 Å². The standard InChI is InChI=1S/C8H14FNO4S/c1-2-14-8(11)7-3-5-10(6-4-7)15(9,12)13/h7H,2-6H2,1H3. The second-order valence-corrected chi connectivity index (χ2v) is 4.71. The minimum atomic E-state index is -4.61. The Morgan fingerprint density at radius 3 is 2.40 bits per heavy atom. The van der Waals surface area contributed by atoms with E-state index in [0.717, 1.165) is 4.31 Å². The highest BCUT2D eigenvalue weighted by molar-refractivity contribution is 7.83. The summed E-state index contributed by atoms with van der Waals surface area (Å²) in [5, 5.41) is 0.